The number of benzene rings is 1. The van der Waals surface area contributed by atoms with Gasteiger partial charge >= 0.3 is 0 Å². The molecule has 1 aliphatic carbocycles. The topological polar surface area (TPSA) is 72.2 Å². The van der Waals surface area contributed by atoms with Crippen molar-refractivity contribution in [1.29, 1.82) is 0 Å². The summed E-state index contributed by atoms with van der Waals surface area (Å²) in [6, 6.07) is 4.87. The molecule has 1 saturated carbocycles. The number of rotatable bonds is 5. The van der Waals surface area contributed by atoms with Crippen LogP contribution in [0.5, 0.6) is 0 Å². The highest BCUT2D eigenvalue weighted by Gasteiger charge is 2.34. The molecule has 0 aliphatic heterocycles. The van der Waals surface area contributed by atoms with Crippen LogP contribution in [-0.2, 0) is 16.6 Å². The van der Waals surface area contributed by atoms with Gasteiger partial charge in [0.15, 0.2) is 0 Å². The van der Waals surface area contributed by atoms with E-state index in [4.69, 9.17) is 17.3 Å². The van der Waals surface area contributed by atoms with Crippen molar-refractivity contribution in [2.24, 2.45) is 17.6 Å². The van der Waals surface area contributed by atoms with Gasteiger partial charge in [0, 0.05) is 12.6 Å². The Morgan fingerprint density at radius 1 is 1.38 bits per heavy atom. The fourth-order valence-electron chi connectivity index (χ4n) is 3.13. The number of hydrogen-bond donors (Lipinski definition) is 2. The lowest BCUT2D eigenvalue weighted by atomic mass is 9.94. The normalized spacial score (nSPS) is 26.2. The zero-order chi connectivity index (χ0) is 15.6. The molecule has 4 nitrogen and oxygen atoms in total. The van der Waals surface area contributed by atoms with E-state index in [0.29, 0.717) is 11.8 Å². The molecule has 0 amide bonds. The summed E-state index contributed by atoms with van der Waals surface area (Å²) >= 11 is 6.06. The van der Waals surface area contributed by atoms with Gasteiger partial charge in [-0.1, -0.05) is 37.9 Å². The second kappa shape index (κ2) is 6.65. The molecular formula is C15H23ClN2O2S. The van der Waals surface area contributed by atoms with E-state index in [0.717, 1.165) is 24.8 Å². The van der Waals surface area contributed by atoms with Crippen molar-refractivity contribution in [3.05, 3.63) is 28.8 Å². The molecule has 1 aromatic carbocycles. The van der Waals surface area contributed by atoms with Crippen LogP contribution in [0.25, 0.3) is 0 Å². The maximum atomic E-state index is 12.6. The van der Waals surface area contributed by atoms with Gasteiger partial charge in [0.1, 0.15) is 4.90 Å². The summed E-state index contributed by atoms with van der Waals surface area (Å²) in [7, 11) is -3.61. The molecule has 1 fully saturated rings. The minimum Gasteiger partial charge on any atom is -0.326 e. The van der Waals surface area contributed by atoms with Gasteiger partial charge in [-0.2, -0.15) is 0 Å². The highest BCUT2D eigenvalue weighted by atomic mass is 35.5. The smallest absolute Gasteiger partial charge is 0.242 e. The molecule has 3 atom stereocenters. The molecule has 0 bridgehead atoms. The third kappa shape index (κ3) is 3.59. The molecule has 3 N–H and O–H groups in total. The lowest BCUT2D eigenvalue weighted by Crippen LogP contribution is -2.37. The van der Waals surface area contributed by atoms with E-state index < -0.39 is 10.0 Å². The van der Waals surface area contributed by atoms with Gasteiger partial charge in [0.05, 0.1) is 5.02 Å². The number of halogens is 1. The molecule has 0 saturated heterocycles. The zero-order valence-electron chi connectivity index (χ0n) is 12.5. The van der Waals surface area contributed by atoms with Crippen LogP contribution in [0, 0.1) is 11.8 Å². The van der Waals surface area contributed by atoms with Gasteiger partial charge in [-0.15, -0.1) is 0 Å². The van der Waals surface area contributed by atoms with E-state index in [2.05, 4.69) is 18.6 Å². The van der Waals surface area contributed by atoms with E-state index in [-0.39, 0.29) is 22.5 Å². The molecule has 6 heteroatoms. The van der Waals surface area contributed by atoms with Crippen molar-refractivity contribution in [1.82, 2.24) is 4.72 Å². The first-order chi connectivity index (χ1) is 9.89. The summed E-state index contributed by atoms with van der Waals surface area (Å²) in [5.74, 6) is 0.935. The number of nitrogens with one attached hydrogen (secondary N) is 1. The average Bonchev–Trinajstić information content (AvgIpc) is 2.79. The Bertz CT molecular complexity index is 604. The molecule has 1 aromatic rings. The Kier molecular flexibility index (Phi) is 5.30. The molecule has 0 spiro atoms. The molecule has 2 rings (SSSR count). The van der Waals surface area contributed by atoms with Gasteiger partial charge in [-0.05, 0) is 42.4 Å². The third-order valence-electron chi connectivity index (χ3n) is 4.58. The van der Waals surface area contributed by atoms with Crippen LogP contribution in [-0.4, -0.2) is 14.5 Å². The van der Waals surface area contributed by atoms with E-state index in [1.165, 1.54) is 0 Å². The van der Waals surface area contributed by atoms with Crippen LogP contribution in [0.3, 0.4) is 0 Å². The van der Waals surface area contributed by atoms with Crippen LogP contribution >= 0.6 is 11.6 Å². The molecule has 0 heterocycles. The van der Waals surface area contributed by atoms with Crippen LogP contribution in [0.15, 0.2) is 23.1 Å². The molecule has 1 aliphatic rings. The quantitative estimate of drug-likeness (QED) is 0.872. The first-order valence-electron chi connectivity index (χ1n) is 7.39. The first kappa shape index (κ1) is 16.7. The molecule has 0 radical (unpaired) electrons. The maximum Gasteiger partial charge on any atom is 0.242 e. The summed E-state index contributed by atoms with van der Waals surface area (Å²) in [6.45, 7) is 4.56. The SMILES string of the molecule is CCC1CCC(NS(=O)(=O)c2cc(CN)ccc2Cl)C1C. The standard InChI is InChI=1S/C15H23ClN2O2S/c1-3-12-5-7-14(10(12)2)18-21(19,20)15-8-11(9-17)4-6-13(15)16/h4,6,8,10,12,14,18H,3,5,7,9,17H2,1-2H3. The van der Waals surface area contributed by atoms with Crippen LogP contribution < -0.4 is 10.5 Å². The van der Waals surface area contributed by atoms with Gasteiger partial charge in [0.25, 0.3) is 0 Å². The van der Waals surface area contributed by atoms with Crippen LogP contribution in [0.2, 0.25) is 5.02 Å². The van der Waals surface area contributed by atoms with E-state index in [9.17, 15) is 8.42 Å². The fourth-order valence-corrected chi connectivity index (χ4v) is 5.05. The number of sulfonamides is 1. The monoisotopic (exact) mass is 330 g/mol. The predicted molar refractivity (Wildman–Crippen MR) is 85.6 cm³/mol. The summed E-state index contributed by atoms with van der Waals surface area (Å²) in [5, 5.41) is 0.234. The zero-order valence-corrected chi connectivity index (χ0v) is 14.0. The van der Waals surface area contributed by atoms with Gasteiger partial charge in [-0.3, -0.25) is 0 Å². The molecular weight excluding hydrogens is 308 g/mol. The van der Waals surface area contributed by atoms with Gasteiger partial charge in [-0.25, -0.2) is 13.1 Å². The summed E-state index contributed by atoms with van der Waals surface area (Å²) in [5.41, 5.74) is 6.33. The van der Waals surface area contributed by atoms with Gasteiger partial charge in [0.2, 0.25) is 10.0 Å². The van der Waals surface area contributed by atoms with E-state index in [1.54, 1.807) is 18.2 Å². The highest BCUT2D eigenvalue weighted by molar-refractivity contribution is 7.89. The van der Waals surface area contributed by atoms with Gasteiger partial charge < -0.3 is 5.73 Å². The van der Waals surface area contributed by atoms with Crippen molar-refractivity contribution in [3.8, 4) is 0 Å². The lowest BCUT2D eigenvalue weighted by molar-refractivity contribution is 0.368. The predicted octanol–water partition coefficient (Wildman–Crippen LogP) is 2.90. The van der Waals surface area contributed by atoms with Crippen LogP contribution in [0.1, 0.15) is 38.7 Å². The van der Waals surface area contributed by atoms with Crippen LogP contribution in [0.4, 0.5) is 0 Å². The molecule has 118 valence electrons. The minimum absolute atomic E-state index is 0.0162. The van der Waals surface area contributed by atoms with Crippen molar-refractivity contribution in [2.75, 3.05) is 0 Å². The highest BCUT2D eigenvalue weighted by Crippen LogP contribution is 2.35. The largest absolute Gasteiger partial charge is 0.326 e. The first-order valence-corrected chi connectivity index (χ1v) is 9.26. The molecule has 0 aromatic heterocycles. The van der Waals surface area contributed by atoms with E-state index in [1.807, 2.05) is 0 Å². The van der Waals surface area contributed by atoms with Crippen molar-refractivity contribution in [2.45, 2.75) is 50.6 Å². The molecule has 21 heavy (non-hydrogen) atoms. The number of hydrogen-bond acceptors (Lipinski definition) is 3. The second-order valence-electron chi connectivity index (χ2n) is 5.80. The second-order valence-corrected chi connectivity index (χ2v) is 7.89. The molecule has 3 unspecified atom stereocenters. The third-order valence-corrected chi connectivity index (χ3v) is 6.55. The maximum absolute atomic E-state index is 12.6. The van der Waals surface area contributed by atoms with Crippen molar-refractivity contribution in [3.63, 3.8) is 0 Å². The van der Waals surface area contributed by atoms with E-state index >= 15 is 0 Å². The Balaban J connectivity index is 2.23. The minimum atomic E-state index is -3.61. The number of nitrogens with two attached hydrogens (primary N) is 1. The Morgan fingerprint density at radius 2 is 2.10 bits per heavy atom. The summed E-state index contributed by atoms with van der Waals surface area (Å²) in [6.07, 6.45) is 3.04. The lowest BCUT2D eigenvalue weighted by Gasteiger charge is -2.21. The average molecular weight is 331 g/mol. The summed E-state index contributed by atoms with van der Waals surface area (Å²) < 4.78 is 28.0. The Morgan fingerprint density at radius 3 is 2.67 bits per heavy atom. The fraction of sp³-hybridized carbons (Fsp3) is 0.600. The van der Waals surface area contributed by atoms with Crippen molar-refractivity contribution < 1.29 is 8.42 Å². The Labute approximate surface area is 132 Å². The van der Waals surface area contributed by atoms with Crippen molar-refractivity contribution >= 4 is 21.6 Å². The Hall–Kier alpha value is -0.620. The summed E-state index contributed by atoms with van der Waals surface area (Å²) in [4.78, 5) is 0.124.